The first-order valence-electron chi connectivity index (χ1n) is 4.19. The molecule has 1 aliphatic rings. The molecule has 67 valence electrons. The highest BCUT2D eigenvalue weighted by Crippen LogP contribution is 2.23. The van der Waals surface area contributed by atoms with Crippen LogP contribution in [0.5, 0.6) is 0 Å². The lowest BCUT2D eigenvalue weighted by molar-refractivity contribution is -0.116. The second-order valence-corrected chi connectivity index (χ2v) is 3.64. The molecule has 1 radical (unpaired) electrons. The predicted octanol–water partition coefficient (Wildman–Crippen LogP) is 2.27. The lowest BCUT2D eigenvalue weighted by Crippen LogP contribution is -2.18. The van der Waals surface area contributed by atoms with Crippen LogP contribution in [0.4, 0.5) is 5.69 Å². The molecular formula is C10H9BrNO. The van der Waals surface area contributed by atoms with Crippen LogP contribution < -0.4 is 5.32 Å². The molecule has 0 fully saturated rings. The third-order valence-corrected chi connectivity index (χ3v) is 2.74. The van der Waals surface area contributed by atoms with Gasteiger partial charge in [0.15, 0.2) is 0 Å². The Kier molecular flexibility index (Phi) is 2.36. The van der Waals surface area contributed by atoms with E-state index in [9.17, 15) is 4.79 Å². The third-order valence-electron chi connectivity index (χ3n) is 2.14. The lowest BCUT2D eigenvalue weighted by Gasteiger charge is -2.16. The Morgan fingerprint density at radius 1 is 1.54 bits per heavy atom. The molecule has 1 N–H and O–H groups in total. The van der Waals surface area contributed by atoms with Crippen LogP contribution in [-0.2, 0) is 16.5 Å². The molecule has 3 heteroatoms. The van der Waals surface area contributed by atoms with E-state index >= 15 is 0 Å². The first-order valence-corrected chi connectivity index (χ1v) is 5.31. The van der Waals surface area contributed by atoms with Crippen molar-refractivity contribution in [2.75, 3.05) is 5.32 Å². The van der Waals surface area contributed by atoms with Gasteiger partial charge in [0, 0.05) is 17.4 Å². The topological polar surface area (TPSA) is 29.1 Å². The Balaban J connectivity index is 2.36. The highest BCUT2D eigenvalue weighted by molar-refractivity contribution is 9.08. The third kappa shape index (κ3) is 1.75. The lowest BCUT2D eigenvalue weighted by atomic mass is 10.0. The fourth-order valence-electron chi connectivity index (χ4n) is 1.45. The van der Waals surface area contributed by atoms with Gasteiger partial charge in [0.1, 0.15) is 0 Å². The minimum Gasteiger partial charge on any atom is -0.326 e. The SMILES string of the molecule is O=C1CCc2cc(CBr)[c]cc2N1. The van der Waals surface area contributed by atoms with Crippen molar-refractivity contribution in [3.8, 4) is 0 Å². The number of aryl methyl sites for hydroxylation is 1. The molecule has 2 rings (SSSR count). The number of anilines is 1. The molecule has 1 heterocycles. The number of fused-ring (bicyclic) bond motifs is 1. The maximum absolute atomic E-state index is 11.0. The fourth-order valence-corrected chi connectivity index (χ4v) is 1.77. The van der Waals surface area contributed by atoms with Crippen LogP contribution in [0.25, 0.3) is 0 Å². The number of hydrogen-bond acceptors (Lipinski definition) is 1. The van der Waals surface area contributed by atoms with Gasteiger partial charge in [-0.25, -0.2) is 0 Å². The molecule has 0 unspecified atom stereocenters. The molecule has 0 atom stereocenters. The smallest absolute Gasteiger partial charge is 0.224 e. The molecule has 1 aromatic rings. The fraction of sp³-hybridized carbons (Fsp3) is 0.300. The van der Waals surface area contributed by atoms with Crippen LogP contribution in [0.2, 0.25) is 0 Å². The Morgan fingerprint density at radius 2 is 2.38 bits per heavy atom. The maximum atomic E-state index is 11.0. The van der Waals surface area contributed by atoms with Gasteiger partial charge < -0.3 is 5.32 Å². The van der Waals surface area contributed by atoms with Gasteiger partial charge in [-0.15, -0.1) is 0 Å². The van der Waals surface area contributed by atoms with E-state index in [1.807, 2.05) is 6.07 Å². The van der Waals surface area contributed by atoms with Crippen LogP contribution in [-0.4, -0.2) is 5.91 Å². The number of halogens is 1. The predicted molar refractivity (Wildman–Crippen MR) is 54.9 cm³/mol. The zero-order chi connectivity index (χ0) is 9.26. The number of alkyl halides is 1. The quantitative estimate of drug-likeness (QED) is 0.748. The van der Waals surface area contributed by atoms with Crippen LogP contribution in [0, 0.1) is 6.07 Å². The number of rotatable bonds is 1. The van der Waals surface area contributed by atoms with E-state index in [-0.39, 0.29) is 5.91 Å². The molecule has 0 spiro atoms. The number of benzene rings is 1. The van der Waals surface area contributed by atoms with E-state index in [1.54, 1.807) is 0 Å². The van der Waals surface area contributed by atoms with Crippen molar-refractivity contribution in [1.82, 2.24) is 0 Å². The van der Waals surface area contributed by atoms with E-state index in [1.165, 1.54) is 5.56 Å². The minimum absolute atomic E-state index is 0.104. The summed E-state index contributed by atoms with van der Waals surface area (Å²) in [6.45, 7) is 0. The van der Waals surface area contributed by atoms with Crippen molar-refractivity contribution in [2.45, 2.75) is 18.2 Å². The van der Waals surface area contributed by atoms with Crippen molar-refractivity contribution in [2.24, 2.45) is 0 Å². The number of carbonyl (C=O) groups is 1. The van der Waals surface area contributed by atoms with E-state index in [0.717, 1.165) is 23.0 Å². The summed E-state index contributed by atoms with van der Waals surface area (Å²) < 4.78 is 0. The average molecular weight is 239 g/mol. The molecular weight excluding hydrogens is 230 g/mol. The Morgan fingerprint density at radius 3 is 3.15 bits per heavy atom. The second-order valence-electron chi connectivity index (χ2n) is 3.08. The van der Waals surface area contributed by atoms with Gasteiger partial charge in [0.2, 0.25) is 5.91 Å². The summed E-state index contributed by atoms with van der Waals surface area (Å²) in [6, 6.07) is 7.04. The van der Waals surface area contributed by atoms with Gasteiger partial charge in [-0.3, -0.25) is 4.79 Å². The van der Waals surface area contributed by atoms with Gasteiger partial charge in [-0.1, -0.05) is 22.0 Å². The van der Waals surface area contributed by atoms with Crippen molar-refractivity contribution in [3.63, 3.8) is 0 Å². The molecule has 1 aromatic carbocycles. The molecule has 0 saturated carbocycles. The van der Waals surface area contributed by atoms with Gasteiger partial charge in [-0.05, 0) is 29.7 Å². The first kappa shape index (κ1) is 8.75. The van der Waals surface area contributed by atoms with Crippen molar-refractivity contribution >= 4 is 27.5 Å². The maximum Gasteiger partial charge on any atom is 0.224 e. The highest BCUT2D eigenvalue weighted by Gasteiger charge is 2.14. The Bertz CT molecular complexity index is 349. The number of amides is 1. The Hall–Kier alpha value is -0.830. The number of nitrogens with one attached hydrogen (secondary N) is 1. The van der Waals surface area contributed by atoms with Crippen LogP contribution in [0.1, 0.15) is 17.5 Å². The highest BCUT2D eigenvalue weighted by atomic mass is 79.9. The molecule has 0 bridgehead atoms. The van der Waals surface area contributed by atoms with Gasteiger partial charge in [-0.2, -0.15) is 0 Å². The average Bonchev–Trinajstić information content (AvgIpc) is 2.17. The van der Waals surface area contributed by atoms with Crippen molar-refractivity contribution < 1.29 is 4.79 Å². The summed E-state index contributed by atoms with van der Waals surface area (Å²) in [5.74, 6) is 0.104. The summed E-state index contributed by atoms with van der Waals surface area (Å²) >= 11 is 3.38. The molecule has 0 aliphatic carbocycles. The standard InChI is InChI=1S/C10H9BrNO/c11-6-7-1-3-9-8(5-7)2-4-10(13)12-9/h3,5H,2,4,6H2,(H,12,13). The summed E-state index contributed by atoms with van der Waals surface area (Å²) in [5.41, 5.74) is 3.27. The van der Waals surface area contributed by atoms with Gasteiger partial charge >= 0.3 is 0 Å². The van der Waals surface area contributed by atoms with Crippen LogP contribution in [0.3, 0.4) is 0 Å². The molecule has 1 amide bonds. The van der Waals surface area contributed by atoms with E-state index in [4.69, 9.17) is 0 Å². The largest absolute Gasteiger partial charge is 0.326 e. The zero-order valence-electron chi connectivity index (χ0n) is 7.06. The normalized spacial score (nSPS) is 15.0. The molecule has 13 heavy (non-hydrogen) atoms. The monoisotopic (exact) mass is 238 g/mol. The minimum atomic E-state index is 0.104. The van der Waals surface area contributed by atoms with E-state index in [0.29, 0.717) is 6.42 Å². The summed E-state index contributed by atoms with van der Waals surface area (Å²) in [7, 11) is 0. The van der Waals surface area contributed by atoms with Crippen molar-refractivity contribution in [3.05, 3.63) is 29.3 Å². The van der Waals surface area contributed by atoms with E-state index < -0.39 is 0 Å². The first-order chi connectivity index (χ1) is 6.29. The number of carbonyl (C=O) groups excluding carboxylic acids is 1. The molecule has 0 aromatic heterocycles. The molecule has 1 aliphatic heterocycles. The molecule has 0 saturated heterocycles. The van der Waals surface area contributed by atoms with Crippen LogP contribution >= 0.6 is 15.9 Å². The van der Waals surface area contributed by atoms with Gasteiger partial charge in [0.25, 0.3) is 0 Å². The van der Waals surface area contributed by atoms with Crippen LogP contribution in [0.15, 0.2) is 12.1 Å². The number of hydrogen-bond donors (Lipinski definition) is 1. The Labute approximate surface area is 85.5 Å². The van der Waals surface area contributed by atoms with E-state index in [2.05, 4.69) is 33.4 Å². The summed E-state index contributed by atoms with van der Waals surface area (Å²) in [5, 5.41) is 3.64. The zero-order valence-corrected chi connectivity index (χ0v) is 8.65. The van der Waals surface area contributed by atoms with Gasteiger partial charge in [0.05, 0.1) is 0 Å². The second kappa shape index (κ2) is 3.50. The summed E-state index contributed by atoms with van der Waals surface area (Å²) in [6.07, 6.45) is 1.44. The summed E-state index contributed by atoms with van der Waals surface area (Å²) in [4.78, 5) is 11.0. The van der Waals surface area contributed by atoms with Crippen molar-refractivity contribution in [1.29, 1.82) is 0 Å². The molecule has 2 nitrogen and oxygen atoms in total.